The number of likely N-dealkylation sites (N-methyl/N-ethyl adjacent to an activating group) is 1. The van der Waals surface area contributed by atoms with Gasteiger partial charge in [0, 0.05) is 40.3 Å². The summed E-state index contributed by atoms with van der Waals surface area (Å²) in [5, 5.41) is 11.5. The second-order valence-electron chi connectivity index (χ2n) is 6.56. The number of aromatic nitrogens is 1. The molecule has 2 aromatic heterocycles. The third kappa shape index (κ3) is 5.10. The zero-order chi connectivity index (χ0) is 20.1. The Balaban J connectivity index is 2.26. The van der Waals surface area contributed by atoms with E-state index in [-0.39, 0.29) is 17.5 Å². The number of hydrogen-bond donors (Lipinski definition) is 0. The molecule has 0 aliphatic carbocycles. The average Bonchev–Trinajstić information content (AvgIpc) is 3.14. The highest BCUT2D eigenvalue weighted by molar-refractivity contribution is 9.10. The van der Waals surface area contributed by atoms with Crippen LogP contribution in [-0.2, 0) is 16.1 Å². The number of rotatable bonds is 7. The number of methoxy groups -OCH3 is 1. The number of nitriles is 1. The number of nitrogens with zero attached hydrogens (tertiary/aromatic N) is 3. The van der Waals surface area contributed by atoms with Crippen LogP contribution in [0.3, 0.4) is 0 Å². The van der Waals surface area contributed by atoms with E-state index in [1.165, 1.54) is 0 Å². The molecule has 0 radical (unpaired) electrons. The van der Waals surface area contributed by atoms with Gasteiger partial charge >= 0.3 is 0 Å². The van der Waals surface area contributed by atoms with Gasteiger partial charge in [-0.25, -0.2) is 0 Å². The van der Waals surface area contributed by atoms with Crippen LogP contribution < -0.4 is 0 Å². The summed E-state index contributed by atoms with van der Waals surface area (Å²) in [4.78, 5) is 15.4. The van der Waals surface area contributed by atoms with E-state index in [4.69, 9.17) is 4.74 Å². The topological polar surface area (TPSA) is 58.3 Å². The predicted octanol–water partition coefficient (Wildman–Crippen LogP) is 4.70. The molecule has 1 atom stereocenters. The zero-order valence-electron chi connectivity index (χ0n) is 16.2. The van der Waals surface area contributed by atoms with E-state index in [2.05, 4.69) is 33.5 Å². The van der Waals surface area contributed by atoms with Crippen LogP contribution in [-0.4, -0.2) is 36.1 Å². The van der Waals surface area contributed by atoms with Crippen molar-refractivity contribution in [2.45, 2.75) is 33.4 Å². The summed E-state index contributed by atoms with van der Waals surface area (Å²) < 4.78 is 8.42. The molecule has 0 aliphatic heterocycles. The molecule has 0 aliphatic rings. The summed E-state index contributed by atoms with van der Waals surface area (Å²) in [5.74, 6) is -0.281. The van der Waals surface area contributed by atoms with Gasteiger partial charge in [-0.2, -0.15) is 5.26 Å². The molecule has 2 heterocycles. The fourth-order valence-electron chi connectivity index (χ4n) is 3.19. The van der Waals surface area contributed by atoms with E-state index in [0.717, 1.165) is 26.3 Å². The SMILES string of the molecule is COCC(C)n1c(C)cc(/C=C(\C#N)C(=O)N(C)Cc2cc(Br)cs2)c1C. The standard InChI is InChI=1S/C20H24BrN3O2S/c1-13-6-16(15(3)24(13)14(2)11-26-5)7-17(9-22)20(25)23(4)10-19-8-18(21)12-27-19/h6-8,12,14H,10-11H2,1-5H3/b17-7+. The third-order valence-electron chi connectivity index (χ3n) is 4.38. The van der Waals surface area contributed by atoms with Gasteiger partial charge in [-0.15, -0.1) is 11.3 Å². The lowest BCUT2D eigenvalue weighted by Gasteiger charge is -2.18. The first-order valence-electron chi connectivity index (χ1n) is 8.56. The Hall–Kier alpha value is -1.88. The van der Waals surface area contributed by atoms with Gasteiger partial charge in [-0.3, -0.25) is 4.79 Å². The zero-order valence-corrected chi connectivity index (χ0v) is 18.6. The molecule has 0 saturated heterocycles. The van der Waals surface area contributed by atoms with E-state index >= 15 is 0 Å². The molecule has 144 valence electrons. The highest BCUT2D eigenvalue weighted by Gasteiger charge is 2.18. The molecule has 1 amide bonds. The first-order valence-corrected chi connectivity index (χ1v) is 10.2. The van der Waals surface area contributed by atoms with E-state index < -0.39 is 0 Å². The van der Waals surface area contributed by atoms with Crippen molar-refractivity contribution in [2.75, 3.05) is 20.8 Å². The molecular weight excluding hydrogens is 426 g/mol. The Morgan fingerprint density at radius 2 is 2.19 bits per heavy atom. The Morgan fingerprint density at radius 3 is 2.74 bits per heavy atom. The van der Waals surface area contributed by atoms with E-state index in [1.54, 1.807) is 36.5 Å². The molecule has 0 fully saturated rings. The van der Waals surface area contributed by atoms with Crippen LogP contribution in [0.25, 0.3) is 6.08 Å². The van der Waals surface area contributed by atoms with Crippen LogP contribution in [0.1, 0.15) is 34.8 Å². The van der Waals surface area contributed by atoms with Crippen LogP contribution in [0.2, 0.25) is 0 Å². The molecule has 2 rings (SSSR count). The first kappa shape index (κ1) is 21.4. The minimum absolute atomic E-state index is 0.132. The van der Waals surface area contributed by atoms with Gasteiger partial charge in [0.15, 0.2) is 0 Å². The number of ether oxygens (including phenoxy) is 1. The molecular formula is C20H24BrN3O2S. The Kier molecular flexibility index (Phi) is 7.42. The fourth-order valence-corrected chi connectivity index (χ4v) is 4.69. The third-order valence-corrected chi connectivity index (χ3v) is 6.07. The number of amides is 1. The Labute approximate surface area is 173 Å². The molecule has 0 saturated carbocycles. The molecule has 5 nitrogen and oxygen atoms in total. The maximum atomic E-state index is 12.7. The smallest absolute Gasteiger partial charge is 0.264 e. The quantitative estimate of drug-likeness (QED) is 0.454. The lowest BCUT2D eigenvalue weighted by atomic mass is 10.1. The summed E-state index contributed by atoms with van der Waals surface area (Å²) in [6, 6.07) is 6.23. The van der Waals surface area contributed by atoms with Crippen molar-refractivity contribution in [3.63, 3.8) is 0 Å². The van der Waals surface area contributed by atoms with Crippen molar-refractivity contribution in [1.29, 1.82) is 5.26 Å². The van der Waals surface area contributed by atoms with E-state index in [1.807, 2.05) is 31.4 Å². The van der Waals surface area contributed by atoms with Crippen molar-refractivity contribution in [3.8, 4) is 6.07 Å². The number of aryl methyl sites for hydroxylation is 1. The average molecular weight is 450 g/mol. The van der Waals surface area contributed by atoms with Crippen molar-refractivity contribution in [1.82, 2.24) is 9.47 Å². The number of carbonyl (C=O) groups is 1. The molecule has 2 aromatic rings. The van der Waals surface area contributed by atoms with Crippen LogP contribution in [0.15, 0.2) is 27.6 Å². The molecule has 0 aromatic carbocycles. The van der Waals surface area contributed by atoms with Crippen molar-refractivity contribution in [3.05, 3.63) is 49.4 Å². The summed E-state index contributed by atoms with van der Waals surface area (Å²) >= 11 is 4.99. The monoisotopic (exact) mass is 449 g/mol. The Morgan fingerprint density at radius 1 is 1.48 bits per heavy atom. The van der Waals surface area contributed by atoms with E-state index in [9.17, 15) is 10.1 Å². The molecule has 0 bridgehead atoms. The molecule has 0 spiro atoms. The predicted molar refractivity (Wildman–Crippen MR) is 113 cm³/mol. The van der Waals surface area contributed by atoms with Gasteiger partial charge in [0.05, 0.1) is 19.2 Å². The van der Waals surface area contributed by atoms with Gasteiger partial charge < -0.3 is 14.2 Å². The number of halogens is 1. The minimum Gasteiger partial charge on any atom is -0.383 e. The number of hydrogen-bond acceptors (Lipinski definition) is 4. The molecule has 1 unspecified atom stereocenters. The van der Waals surface area contributed by atoms with Gasteiger partial charge in [0.25, 0.3) is 5.91 Å². The maximum absolute atomic E-state index is 12.7. The van der Waals surface area contributed by atoms with Gasteiger partial charge in [0.2, 0.25) is 0 Å². The summed E-state index contributed by atoms with van der Waals surface area (Å²) in [6.45, 7) is 7.17. The summed E-state index contributed by atoms with van der Waals surface area (Å²) in [6.07, 6.45) is 1.68. The van der Waals surface area contributed by atoms with E-state index in [0.29, 0.717) is 13.2 Å². The van der Waals surface area contributed by atoms with Gasteiger partial charge in [-0.05, 0) is 60.5 Å². The van der Waals surface area contributed by atoms with Gasteiger partial charge in [0.1, 0.15) is 11.6 Å². The minimum atomic E-state index is -0.281. The second-order valence-corrected chi connectivity index (χ2v) is 8.47. The van der Waals surface area contributed by atoms with Crippen molar-refractivity contribution >= 4 is 39.2 Å². The Bertz CT molecular complexity index is 892. The molecule has 7 heteroatoms. The molecule has 0 N–H and O–H groups in total. The van der Waals surface area contributed by atoms with Crippen LogP contribution in [0.5, 0.6) is 0 Å². The van der Waals surface area contributed by atoms with Crippen LogP contribution >= 0.6 is 27.3 Å². The summed E-state index contributed by atoms with van der Waals surface area (Å²) in [7, 11) is 3.39. The summed E-state index contributed by atoms with van der Waals surface area (Å²) in [5.41, 5.74) is 3.10. The highest BCUT2D eigenvalue weighted by atomic mass is 79.9. The lowest BCUT2D eigenvalue weighted by molar-refractivity contribution is -0.125. The number of carbonyl (C=O) groups excluding carboxylic acids is 1. The fraction of sp³-hybridized carbons (Fsp3) is 0.400. The van der Waals surface area contributed by atoms with Crippen LogP contribution in [0, 0.1) is 25.2 Å². The maximum Gasteiger partial charge on any atom is 0.264 e. The highest BCUT2D eigenvalue weighted by Crippen LogP contribution is 2.24. The van der Waals surface area contributed by atoms with Crippen LogP contribution in [0.4, 0.5) is 0 Å². The normalized spacial score (nSPS) is 12.7. The molecule has 27 heavy (non-hydrogen) atoms. The van der Waals surface area contributed by atoms with Crippen molar-refractivity contribution < 1.29 is 9.53 Å². The first-order chi connectivity index (χ1) is 12.8. The lowest BCUT2D eigenvalue weighted by Crippen LogP contribution is -2.26. The second kappa shape index (κ2) is 9.36. The van der Waals surface area contributed by atoms with Gasteiger partial charge in [-0.1, -0.05) is 0 Å². The number of thiophene rings is 1. The largest absolute Gasteiger partial charge is 0.383 e. The van der Waals surface area contributed by atoms with Crippen molar-refractivity contribution in [2.24, 2.45) is 0 Å².